The lowest BCUT2D eigenvalue weighted by Crippen LogP contribution is -2.35. The van der Waals surface area contributed by atoms with Crippen LogP contribution in [0.5, 0.6) is 0 Å². The molecule has 0 radical (unpaired) electrons. The van der Waals surface area contributed by atoms with Gasteiger partial charge in [-0.1, -0.05) is 18.2 Å². The van der Waals surface area contributed by atoms with Gasteiger partial charge in [0.1, 0.15) is 12.1 Å². The summed E-state index contributed by atoms with van der Waals surface area (Å²) >= 11 is 0. The lowest BCUT2D eigenvalue weighted by Gasteiger charge is -2.32. The normalized spacial score (nSPS) is 23.3. The molecule has 0 saturated heterocycles. The van der Waals surface area contributed by atoms with Crippen molar-refractivity contribution in [1.29, 1.82) is 0 Å². The van der Waals surface area contributed by atoms with Crippen molar-refractivity contribution in [2.75, 3.05) is 6.61 Å². The van der Waals surface area contributed by atoms with E-state index >= 15 is 0 Å². The number of hydrogen-bond acceptors (Lipinski definition) is 3. The van der Waals surface area contributed by atoms with Crippen LogP contribution in [-0.2, 0) is 17.6 Å². The average Bonchev–Trinajstić information content (AvgIpc) is 3.02. The molecule has 0 bridgehead atoms. The molecule has 1 aliphatic carbocycles. The first-order chi connectivity index (χ1) is 10.6. The number of nitrogens with zero attached hydrogens (tertiary/aromatic N) is 2. The summed E-state index contributed by atoms with van der Waals surface area (Å²) in [6, 6.07) is 6.63. The highest BCUT2D eigenvalue weighted by Crippen LogP contribution is 2.40. The molecule has 0 saturated carbocycles. The Labute approximate surface area is 130 Å². The van der Waals surface area contributed by atoms with Crippen LogP contribution in [0, 0.1) is 13.8 Å². The molecule has 1 aromatic carbocycles. The van der Waals surface area contributed by atoms with Crippen LogP contribution in [0.25, 0.3) is 11.1 Å². The Hall–Kier alpha value is -2.10. The van der Waals surface area contributed by atoms with E-state index in [4.69, 9.17) is 9.73 Å². The number of benzene rings is 1. The maximum absolute atomic E-state index is 5.67. The number of aromatic amines is 1. The zero-order chi connectivity index (χ0) is 15.3. The number of aromatic nitrogens is 2. The number of hydrogen-bond donors (Lipinski definition) is 1. The minimum absolute atomic E-state index is 0.0568. The number of ether oxygens (including phenoxy) is 1. The lowest BCUT2D eigenvalue weighted by molar-refractivity contribution is 0.236. The molecule has 0 amide bonds. The quantitative estimate of drug-likeness (QED) is 0.877. The summed E-state index contributed by atoms with van der Waals surface area (Å²) < 4.78 is 5.67. The minimum Gasteiger partial charge on any atom is -0.479 e. The average molecular weight is 295 g/mol. The molecule has 1 unspecified atom stereocenters. The molecule has 1 spiro atoms. The molecular weight excluding hydrogens is 274 g/mol. The van der Waals surface area contributed by atoms with Crippen LogP contribution < -0.4 is 0 Å². The number of fused-ring (bicyclic) bond motifs is 1. The molecule has 2 heterocycles. The van der Waals surface area contributed by atoms with Gasteiger partial charge in [-0.05, 0) is 43.4 Å². The van der Waals surface area contributed by atoms with E-state index in [1.807, 2.05) is 6.92 Å². The molecule has 1 N–H and O–H groups in total. The Morgan fingerprint density at radius 2 is 2.09 bits per heavy atom. The van der Waals surface area contributed by atoms with E-state index in [9.17, 15) is 0 Å². The summed E-state index contributed by atoms with van der Waals surface area (Å²) in [7, 11) is 0. The molecule has 1 aromatic heterocycles. The van der Waals surface area contributed by atoms with Gasteiger partial charge in [0.15, 0.2) is 5.90 Å². The number of aryl methyl sites for hydroxylation is 3. The third-order valence-corrected chi connectivity index (χ3v) is 4.98. The van der Waals surface area contributed by atoms with E-state index in [0.717, 1.165) is 43.2 Å². The van der Waals surface area contributed by atoms with Crippen molar-refractivity contribution < 1.29 is 4.74 Å². The van der Waals surface area contributed by atoms with Gasteiger partial charge in [0.2, 0.25) is 0 Å². The Bertz CT molecular complexity index is 755. The summed E-state index contributed by atoms with van der Waals surface area (Å²) in [5, 5.41) is 7.47. The molecular formula is C18H21N3O. The predicted octanol–water partition coefficient (Wildman–Crippen LogP) is 3.37. The zero-order valence-electron chi connectivity index (χ0n) is 13.4. The summed E-state index contributed by atoms with van der Waals surface area (Å²) in [5.74, 6) is 0.830. The van der Waals surface area contributed by atoms with Crippen LogP contribution in [0.2, 0.25) is 0 Å². The van der Waals surface area contributed by atoms with E-state index < -0.39 is 0 Å². The van der Waals surface area contributed by atoms with Gasteiger partial charge in [0, 0.05) is 24.6 Å². The fraction of sp³-hybridized carbons (Fsp3) is 0.444. The first-order valence-corrected chi connectivity index (χ1v) is 7.90. The molecule has 4 nitrogen and oxygen atoms in total. The van der Waals surface area contributed by atoms with Gasteiger partial charge in [-0.2, -0.15) is 5.10 Å². The van der Waals surface area contributed by atoms with Crippen LogP contribution in [-0.4, -0.2) is 28.2 Å². The van der Waals surface area contributed by atoms with Crippen LogP contribution in [0.3, 0.4) is 0 Å². The van der Waals surface area contributed by atoms with Gasteiger partial charge in [0.25, 0.3) is 0 Å². The summed E-state index contributed by atoms with van der Waals surface area (Å²) in [4.78, 5) is 4.82. The van der Waals surface area contributed by atoms with Crippen LogP contribution >= 0.6 is 0 Å². The van der Waals surface area contributed by atoms with Gasteiger partial charge in [-0.25, -0.2) is 4.99 Å². The van der Waals surface area contributed by atoms with Crippen LogP contribution in [0.15, 0.2) is 23.2 Å². The first-order valence-electron chi connectivity index (χ1n) is 7.90. The number of rotatable bonds is 1. The van der Waals surface area contributed by atoms with Crippen molar-refractivity contribution in [3.8, 4) is 11.1 Å². The van der Waals surface area contributed by atoms with Crippen molar-refractivity contribution >= 4 is 5.90 Å². The van der Waals surface area contributed by atoms with Gasteiger partial charge in [0.05, 0.1) is 5.69 Å². The van der Waals surface area contributed by atoms with Crippen molar-refractivity contribution in [3.05, 3.63) is 40.7 Å². The van der Waals surface area contributed by atoms with Crippen LogP contribution in [0.4, 0.5) is 0 Å². The Morgan fingerprint density at radius 3 is 2.77 bits per heavy atom. The molecule has 4 rings (SSSR count). The van der Waals surface area contributed by atoms with E-state index in [0.29, 0.717) is 0 Å². The number of nitrogens with one attached hydrogen (secondary N) is 1. The summed E-state index contributed by atoms with van der Waals surface area (Å²) in [6.45, 7) is 6.84. The first kappa shape index (κ1) is 13.6. The van der Waals surface area contributed by atoms with Crippen LogP contribution in [0.1, 0.15) is 35.9 Å². The van der Waals surface area contributed by atoms with E-state index in [1.165, 1.54) is 22.3 Å². The second-order valence-corrected chi connectivity index (χ2v) is 6.57. The molecule has 2 aliphatic rings. The van der Waals surface area contributed by atoms with E-state index in [2.05, 4.69) is 42.2 Å². The monoisotopic (exact) mass is 295 g/mol. The molecule has 2 aromatic rings. The van der Waals surface area contributed by atoms with Gasteiger partial charge >= 0.3 is 0 Å². The second kappa shape index (κ2) is 4.70. The third-order valence-electron chi connectivity index (χ3n) is 4.98. The highest BCUT2D eigenvalue weighted by molar-refractivity contribution is 5.77. The maximum Gasteiger partial charge on any atom is 0.180 e. The highest BCUT2D eigenvalue weighted by atomic mass is 16.5. The smallest absolute Gasteiger partial charge is 0.180 e. The molecule has 1 aliphatic heterocycles. The molecule has 22 heavy (non-hydrogen) atoms. The van der Waals surface area contributed by atoms with E-state index in [1.54, 1.807) is 0 Å². The molecule has 4 heteroatoms. The number of aliphatic imine (C=N–C) groups is 1. The summed E-state index contributed by atoms with van der Waals surface area (Å²) in [6.07, 6.45) is 3.10. The highest BCUT2D eigenvalue weighted by Gasteiger charge is 2.39. The predicted molar refractivity (Wildman–Crippen MR) is 87.3 cm³/mol. The van der Waals surface area contributed by atoms with Crippen molar-refractivity contribution in [2.45, 2.75) is 45.6 Å². The van der Waals surface area contributed by atoms with E-state index in [-0.39, 0.29) is 5.54 Å². The van der Waals surface area contributed by atoms with Crippen molar-refractivity contribution in [3.63, 3.8) is 0 Å². The lowest BCUT2D eigenvalue weighted by atomic mass is 9.76. The van der Waals surface area contributed by atoms with Crippen molar-refractivity contribution in [2.24, 2.45) is 4.99 Å². The molecule has 114 valence electrons. The Morgan fingerprint density at radius 1 is 1.23 bits per heavy atom. The minimum atomic E-state index is -0.0568. The largest absolute Gasteiger partial charge is 0.479 e. The number of H-pyrrole nitrogens is 1. The second-order valence-electron chi connectivity index (χ2n) is 6.57. The standard InChI is InChI=1S/C18H21N3O/c1-11-17(12(2)21-20-11)15-6-4-5-14-7-8-18(9-16(14)15)10-22-13(3)19-18/h4-6H,7-10H2,1-3H3,(H,20,21). The fourth-order valence-corrected chi connectivity index (χ4v) is 3.90. The Kier molecular flexibility index (Phi) is 2.90. The topological polar surface area (TPSA) is 50.3 Å². The third kappa shape index (κ3) is 1.97. The fourth-order valence-electron chi connectivity index (χ4n) is 3.90. The molecule has 0 fully saturated rings. The van der Waals surface area contributed by atoms with Gasteiger partial charge < -0.3 is 4.74 Å². The summed E-state index contributed by atoms with van der Waals surface area (Å²) in [5.41, 5.74) is 7.55. The SMILES string of the molecule is CC1=NC2(CCc3cccc(-c4c(C)n[nH]c4C)c3C2)CO1. The zero-order valence-corrected chi connectivity index (χ0v) is 13.4. The maximum atomic E-state index is 5.67. The molecule has 1 atom stereocenters. The van der Waals surface area contributed by atoms with Gasteiger partial charge in [-0.3, -0.25) is 5.10 Å². The van der Waals surface area contributed by atoms with Crippen molar-refractivity contribution in [1.82, 2.24) is 10.2 Å². The Balaban J connectivity index is 1.85. The van der Waals surface area contributed by atoms with Gasteiger partial charge in [-0.15, -0.1) is 0 Å².